The van der Waals surface area contributed by atoms with Gasteiger partial charge in [-0.05, 0) is 89.9 Å². The van der Waals surface area contributed by atoms with Crippen LogP contribution in [0.3, 0.4) is 0 Å². The Hall–Kier alpha value is -6.30. The van der Waals surface area contributed by atoms with Gasteiger partial charge in [0.1, 0.15) is 36.9 Å². The number of carbonyl (C=O) groups excluding carboxylic acids is 5. The van der Waals surface area contributed by atoms with Crippen LogP contribution < -0.4 is 38.1 Å². The van der Waals surface area contributed by atoms with E-state index in [-0.39, 0.29) is 85.1 Å². The summed E-state index contributed by atoms with van der Waals surface area (Å²) in [6.07, 6.45) is 15.6. The van der Waals surface area contributed by atoms with Gasteiger partial charge in [0, 0.05) is 69.1 Å². The molecule has 0 saturated carbocycles. The molecule has 6 rings (SSSR count). The van der Waals surface area contributed by atoms with Gasteiger partial charge in [-0.2, -0.15) is 0 Å². The highest BCUT2D eigenvalue weighted by atomic mass is 16.6. The molecular weight excluding hydrogens is 1200 g/mol. The van der Waals surface area contributed by atoms with Crippen molar-refractivity contribution in [3.8, 4) is 22.3 Å². The molecule has 10 N–H and O–H groups in total. The first kappa shape index (κ1) is 101. The number of aliphatic carboxylic acids is 1. The van der Waals surface area contributed by atoms with Crippen LogP contribution in [0.1, 0.15) is 264 Å². The minimum absolute atomic E-state index is 0. The average molecular weight is 1350 g/mol. The Balaban J connectivity index is -0.000000272. The number of carboxylic acids is 1. The number of nitrogens with one attached hydrogen (secondary N) is 6. The molecule has 0 aliphatic heterocycles. The molecule has 4 atom stereocenters. The minimum atomic E-state index is -1.10. The van der Waals surface area contributed by atoms with Crippen molar-refractivity contribution >= 4 is 35.5 Å². The van der Waals surface area contributed by atoms with E-state index in [2.05, 4.69) is 124 Å². The Morgan fingerprint density at radius 2 is 0.635 bits per heavy atom. The third kappa shape index (κ3) is 41.1. The Bertz CT molecular complexity index is 2440. The zero-order valence-corrected chi connectivity index (χ0v) is 59.8. The van der Waals surface area contributed by atoms with Crippen molar-refractivity contribution in [2.24, 2.45) is 11.8 Å². The number of Topliss-reactive ketones (excluding diaryl/α,β-unsaturated/α-hetero) is 3. The predicted molar refractivity (Wildman–Crippen MR) is 411 cm³/mol. The zero-order valence-electron chi connectivity index (χ0n) is 59.8. The number of rotatable bonds is 34. The number of hydrogen-bond donors (Lipinski definition) is 8. The van der Waals surface area contributed by atoms with Gasteiger partial charge in [-0.25, -0.2) is 14.4 Å². The normalized spacial score (nSPS) is 11.9. The maximum atomic E-state index is 12.4. The maximum absolute atomic E-state index is 12.4. The van der Waals surface area contributed by atoms with E-state index in [1.54, 1.807) is 0 Å². The molecule has 16 heteroatoms. The molecule has 2 amide bonds. The van der Waals surface area contributed by atoms with E-state index in [1.807, 2.05) is 109 Å². The second kappa shape index (κ2) is 64.7. The van der Waals surface area contributed by atoms with Crippen LogP contribution in [0.15, 0.2) is 97.1 Å². The number of likely N-dealkylation sites (N-methyl/N-ethyl adjacent to an activating group) is 2. The minimum Gasteiger partial charge on any atom is -0.480 e. The van der Waals surface area contributed by atoms with Gasteiger partial charge in [0.05, 0.1) is 0 Å². The third-order valence-electron chi connectivity index (χ3n) is 15.1. The van der Waals surface area contributed by atoms with E-state index in [9.17, 15) is 33.9 Å². The Kier molecular flexibility index (Phi) is 67.9. The lowest BCUT2D eigenvalue weighted by atomic mass is 9.98. The summed E-state index contributed by atoms with van der Waals surface area (Å²) < 4.78 is 10.9. The fraction of sp³-hybridized carbons (Fsp3) is 0.625. The van der Waals surface area contributed by atoms with E-state index in [1.165, 1.54) is 80.0 Å². The monoisotopic (exact) mass is 1350 g/mol. The molecule has 4 aromatic rings. The topological polar surface area (TPSA) is 248 Å². The number of ether oxygens (including phenoxy) is 2. The molecule has 552 valence electrons. The van der Waals surface area contributed by atoms with Crippen LogP contribution in [0.5, 0.6) is 0 Å². The molecule has 2 aliphatic rings. The van der Waals surface area contributed by atoms with Crippen molar-refractivity contribution in [3.63, 3.8) is 0 Å². The number of unbranched alkanes of at least 4 members (excludes halogenated alkanes) is 6. The zero-order chi connectivity index (χ0) is 68.2. The lowest BCUT2D eigenvalue weighted by Gasteiger charge is -2.19. The average Bonchev–Trinajstić information content (AvgIpc) is 1.65. The van der Waals surface area contributed by atoms with Crippen LogP contribution in [0.25, 0.3) is 22.3 Å². The summed E-state index contributed by atoms with van der Waals surface area (Å²) in [6, 6.07) is 31.0. The summed E-state index contributed by atoms with van der Waals surface area (Å²) >= 11 is 0. The molecule has 0 spiro atoms. The van der Waals surface area contributed by atoms with Crippen molar-refractivity contribution < 1.29 is 43.3 Å². The third-order valence-corrected chi connectivity index (χ3v) is 15.1. The fourth-order valence-electron chi connectivity index (χ4n) is 9.94. The van der Waals surface area contributed by atoms with E-state index < -0.39 is 30.2 Å². The van der Waals surface area contributed by atoms with Crippen LogP contribution in [-0.2, 0) is 28.7 Å². The summed E-state index contributed by atoms with van der Waals surface area (Å²) in [5.41, 5.74) is 9.24. The first-order chi connectivity index (χ1) is 43.9. The summed E-state index contributed by atoms with van der Waals surface area (Å²) in [5, 5.41) is 26.7. The molecule has 96 heavy (non-hydrogen) atoms. The molecule has 4 unspecified atom stereocenters. The van der Waals surface area contributed by atoms with Gasteiger partial charge in [-0.3, -0.25) is 14.4 Å². The summed E-state index contributed by atoms with van der Waals surface area (Å²) in [4.78, 5) is 70.4. The fourth-order valence-corrected chi connectivity index (χ4v) is 9.94. The number of alkyl carbamates (subject to hydrolysis) is 2. The lowest BCUT2D eigenvalue weighted by molar-refractivity contribution is -0.139. The van der Waals surface area contributed by atoms with Gasteiger partial charge in [-0.15, -0.1) is 0 Å². The van der Waals surface area contributed by atoms with Crippen LogP contribution in [0, 0.1) is 11.8 Å². The number of ketones is 3. The highest BCUT2D eigenvalue weighted by Crippen LogP contribution is 2.45. The number of hydrogen-bond acceptors (Lipinski definition) is 13. The Morgan fingerprint density at radius 3 is 0.896 bits per heavy atom. The van der Waals surface area contributed by atoms with Crippen molar-refractivity contribution in [2.75, 3.05) is 65.6 Å². The molecule has 0 aromatic heterocycles. The quantitative estimate of drug-likeness (QED) is 0.0203. The predicted octanol–water partition coefficient (Wildman–Crippen LogP) is 19.0. The van der Waals surface area contributed by atoms with Crippen LogP contribution in [-0.4, -0.2) is 118 Å². The Labute approximate surface area is 587 Å². The van der Waals surface area contributed by atoms with Gasteiger partial charge in [0.15, 0.2) is 5.78 Å². The lowest BCUT2D eigenvalue weighted by Crippen LogP contribution is -2.47. The van der Waals surface area contributed by atoms with Crippen molar-refractivity contribution in [1.29, 1.82) is 0 Å². The number of benzene rings is 4. The van der Waals surface area contributed by atoms with Gasteiger partial charge in [0.2, 0.25) is 0 Å². The largest absolute Gasteiger partial charge is 0.480 e. The highest BCUT2D eigenvalue weighted by molar-refractivity contribution is 5.88. The smallest absolute Gasteiger partial charge is 0.407 e. The molecule has 0 saturated heterocycles. The number of carbonyl (C=O) groups is 6. The molecule has 4 aromatic carbocycles. The summed E-state index contributed by atoms with van der Waals surface area (Å²) in [5.74, 6) is 0.0324. The van der Waals surface area contributed by atoms with E-state index >= 15 is 0 Å². The number of amides is 2. The van der Waals surface area contributed by atoms with E-state index in [0.717, 1.165) is 87.1 Å². The van der Waals surface area contributed by atoms with Crippen molar-refractivity contribution in [3.05, 3.63) is 119 Å². The Morgan fingerprint density at radius 1 is 0.385 bits per heavy atom. The molecule has 16 nitrogen and oxygen atoms in total. The van der Waals surface area contributed by atoms with Crippen molar-refractivity contribution in [2.45, 2.75) is 254 Å². The SMILES string of the molecule is C.C.C.C.CCC.CCCC(=O)C(C)CNCC.CCCC(=O)C(C)CNCC.CCCC(=O)C(CNCC)NC(=O)OCC1c2ccccc2-c2ccccc21.CCCCCC.CCCCCC.CCNCC(NC(=O)OCC1c2ccccc2-c2ccccc21)C(=O)O.N. The van der Waals surface area contributed by atoms with Gasteiger partial charge >= 0.3 is 18.2 Å². The van der Waals surface area contributed by atoms with Crippen LogP contribution >= 0.6 is 0 Å². The van der Waals surface area contributed by atoms with Crippen LogP contribution in [0.4, 0.5) is 9.59 Å². The summed E-state index contributed by atoms with van der Waals surface area (Å²) in [7, 11) is 0. The number of fused-ring (bicyclic) bond motifs is 6. The molecule has 2 aliphatic carbocycles. The highest BCUT2D eigenvalue weighted by Gasteiger charge is 2.31. The summed E-state index contributed by atoms with van der Waals surface area (Å²) in [6.45, 7) is 37.0. The molecular formula is C80H143N7O9. The molecule has 0 fully saturated rings. The van der Waals surface area contributed by atoms with Gasteiger partial charge in [0.25, 0.3) is 0 Å². The second-order valence-corrected chi connectivity index (χ2v) is 23.2. The second-order valence-electron chi connectivity index (χ2n) is 23.2. The molecule has 0 heterocycles. The standard InChI is InChI=1S/C23H28N2O3.C20H22N2O4.2C9H19NO.2C6H14.C3H8.4CH4.H3N/c1-3-9-22(26)21(14-24-4-2)25-23(27)28-15-20-18-12-7-5-10-16(18)17-11-6-8-13-19(17)20;1-2-21-11-18(19(23)24)22-20(25)26-12-17-15-9-5-3-7-13(15)14-8-4-6-10-16(14)17;2*1-4-6-9(11)8(3)7-10-5-2;2*1-3-5-6-4-2;1-3-2;;;;;/h5-8,10-13,20-21,24H,3-4,9,14-15H2,1-2H3,(H,25,27);3-10,17-18,21H,2,11-12H2,1H3,(H,22,25)(H,23,24);2*8,10H,4-7H2,1-3H3;2*3-6H2,1-2H3;3H2,1-2H3;4*1H4;1H3. The van der Waals surface area contributed by atoms with Crippen molar-refractivity contribution in [1.82, 2.24) is 38.1 Å². The first-order valence-corrected chi connectivity index (χ1v) is 34.8. The molecule has 0 radical (unpaired) electrons. The van der Waals surface area contributed by atoms with E-state index in [4.69, 9.17) is 9.47 Å². The van der Waals surface area contributed by atoms with E-state index in [0.29, 0.717) is 31.1 Å². The molecule has 0 bridgehead atoms. The van der Waals surface area contributed by atoms with Crippen LogP contribution in [0.2, 0.25) is 0 Å². The number of carboxylic acid groups (broad SMARTS) is 1. The van der Waals surface area contributed by atoms with Gasteiger partial charge < -0.3 is 52.6 Å². The maximum Gasteiger partial charge on any atom is 0.407 e. The van der Waals surface area contributed by atoms with Gasteiger partial charge in [-0.1, -0.05) is 288 Å². The first-order valence-electron chi connectivity index (χ1n) is 34.8.